The van der Waals surface area contributed by atoms with Crippen molar-refractivity contribution in [3.8, 4) is 0 Å². The summed E-state index contributed by atoms with van der Waals surface area (Å²) in [6.07, 6.45) is 0.486. The van der Waals surface area contributed by atoms with Gasteiger partial charge in [-0.25, -0.2) is 19.4 Å². The predicted octanol–water partition coefficient (Wildman–Crippen LogP) is -0.128. The van der Waals surface area contributed by atoms with Gasteiger partial charge in [-0.2, -0.15) is 0 Å². The van der Waals surface area contributed by atoms with Gasteiger partial charge in [-0.1, -0.05) is 0 Å². The van der Waals surface area contributed by atoms with Crippen LogP contribution < -0.4 is 26.2 Å². The molecule has 13 heteroatoms. The zero-order valence-electron chi connectivity index (χ0n) is 18.7. The first-order valence-corrected chi connectivity index (χ1v) is 10.8. The summed E-state index contributed by atoms with van der Waals surface area (Å²) in [6.45, 7) is 6.65. The van der Waals surface area contributed by atoms with Crippen LogP contribution in [-0.4, -0.2) is 97.0 Å². The molecule has 2 aliphatic rings. The molecule has 5 N–H and O–H groups in total. The largest absolute Gasteiger partial charge is 0.480 e. The van der Waals surface area contributed by atoms with E-state index in [1.807, 2.05) is 12.1 Å². The molecular weight excluding hydrogens is 432 g/mol. The van der Waals surface area contributed by atoms with Gasteiger partial charge in [0.15, 0.2) is 5.96 Å². The second kappa shape index (κ2) is 11.2. The molecule has 0 unspecified atom stereocenters. The molecule has 1 saturated heterocycles. The predicted molar refractivity (Wildman–Crippen MR) is 122 cm³/mol. The fraction of sp³-hybridized carbons (Fsp3) is 0.550. The third-order valence-corrected chi connectivity index (χ3v) is 4.96. The van der Waals surface area contributed by atoms with Gasteiger partial charge >= 0.3 is 18.1 Å². The van der Waals surface area contributed by atoms with Gasteiger partial charge in [0.25, 0.3) is 0 Å². The van der Waals surface area contributed by atoms with Crippen LogP contribution >= 0.6 is 0 Å². The number of ether oxygens (including phenoxy) is 1. The smallest absolute Gasteiger partial charge is 0.408 e. The summed E-state index contributed by atoms with van der Waals surface area (Å²) in [5, 5.41) is 20.5. The van der Waals surface area contributed by atoms with Crippen molar-refractivity contribution in [1.29, 1.82) is 0 Å². The molecule has 0 aliphatic carbocycles. The lowest BCUT2D eigenvalue weighted by Crippen LogP contribution is -2.55. The topological polar surface area (TPSA) is 161 Å². The Hall–Kier alpha value is -3.77. The number of carboxylic acid groups (broad SMARTS) is 1. The second-order valence-electron chi connectivity index (χ2n) is 7.83. The number of aliphatic carboxylic acids is 1. The molecule has 1 aromatic rings. The van der Waals surface area contributed by atoms with Gasteiger partial charge in [0.2, 0.25) is 0 Å². The molecule has 0 bridgehead atoms. The van der Waals surface area contributed by atoms with Crippen LogP contribution in [0.4, 0.5) is 21.1 Å². The third kappa shape index (κ3) is 7.12. The Bertz CT molecular complexity index is 885. The minimum atomic E-state index is -1.29. The molecule has 1 fully saturated rings. The maximum absolute atomic E-state index is 12.5. The van der Waals surface area contributed by atoms with E-state index in [4.69, 9.17) is 4.74 Å². The van der Waals surface area contributed by atoms with Crippen LogP contribution in [0.1, 0.15) is 13.8 Å². The van der Waals surface area contributed by atoms with Crippen LogP contribution in [0.3, 0.4) is 0 Å². The normalized spacial score (nSPS) is 16.5. The van der Waals surface area contributed by atoms with Crippen molar-refractivity contribution in [3.05, 3.63) is 18.3 Å². The van der Waals surface area contributed by atoms with E-state index in [-0.39, 0.29) is 12.6 Å². The average Bonchev–Trinajstić information content (AvgIpc) is 3.29. The first-order chi connectivity index (χ1) is 15.8. The van der Waals surface area contributed by atoms with Crippen LogP contribution in [0.25, 0.3) is 0 Å². The highest BCUT2D eigenvalue weighted by molar-refractivity contribution is 5.94. The molecule has 13 nitrogen and oxygen atoms in total. The number of carbonyl (C=O) groups is 3. The van der Waals surface area contributed by atoms with Crippen LogP contribution in [-0.2, 0) is 9.53 Å². The number of urea groups is 1. The lowest BCUT2D eigenvalue weighted by molar-refractivity contribution is -0.139. The fourth-order valence-corrected chi connectivity index (χ4v) is 3.32. The van der Waals surface area contributed by atoms with Gasteiger partial charge in [-0.05, 0) is 19.9 Å². The zero-order valence-corrected chi connectivity index (χ0v) is 18.7. The van der Waals surface area contributed by atoms with E-state index in [0.29, 0.717) is 26.2 Å². The summed E-state index contributed by atoms with van der Waals surface area (Å²) in [5.41, 5.74) is 0.872. The van der Waals surface area contributed by atoms with Gasteiger partial charge in [0.05, 0.1) is 19.2 Å². The quantitative estimate of drug-likeness (QED) is 0.372. The van der Waals surface area contributed by atoms with E-state index < -0.39 is 24.1 Å². The number of guanidine groups is 1. The molecule has 180 valence electrons. The summed E-state index contributed by atoms with van der Waals surface area (Å²) in [6, 6.07) is 2.10. The lowest BCUT2D eigenvalue weighted by Gasteiger charge is -2.35. The van der Waals surface area contributed by atoms with Crippen molar-refractivity contribution in [3.63, 3.8) is 0 Å². The molecule has 1 aromatic heterocycles. The van der Waals surface area contributed by atoms with Crippen molar-refractivity contribution in [2.75, 3.05) is 56.0 Å². The van der Waals surface area contributed by atoms with E-state index in [2.05, 4.69) is 36.1 Å². The van der Waals surface area contributed by atoms with Crippen molar-refractivity contribution in [2.24, 2.45) is 4.99 Å². The van der Waals surface area contributed by atoms with E-state index in [9.17, 15) is 19.5 Å². The molecule has 2 aliphatic heterocycles. The highest BCUT2D eigenvalue weighted by Crippen LogP contribution is 2.18. The molecule has 0 aromatic carbocycles. The number of carbonyl (C=O) groups excluding carboxylic acids is 2. The Balaban J connectivity index is 1.46. The maximum atomic E-state index is 12.5. The molecule has 3 rings (SSSR count). The first kappa shape index (κ1) is 23.9. The van der Waals surface area contributed by atoms with Crippen LogP contribution in [0, 0.1) is 0 Å². The number of aliphatic imine (C=N–C) groups is 1. The Morgan fingerprint density at radius 1 is 1.24 bits per heavy atom. The third-order valence-electron chi connectivity index (χ3n) is 4.96. The molecular formula is C20H30N8O5. The molecule has 0 radical (unpaired) electrons. The summed E-state index contributed by atoms with van der Waals surface area (Å²) in [4.78, 5) is 47.9. The highest BCUT2D eigenvalue weighted by Gasteiger charge is 2.25. The first-order valence-electron chi connectivity index (χ1n) is 10.8. The number of alkyl carbamates (subject to hydrolysis) is 1. The molecule has 33 heavy (non-hydrogen) atoms. The van der Waals surface area contributed by atoms with Gasteiger partial charge in [0, 0.05) is 50.7 Å². The van der Waals surface area contributed by atoms with Crippen LogP contribution in [0.2, 0.25) is 0 Å². The second-order valence-corrected chi connectivity index (χ2v) is 7.83. The lowest BCUT2D eigenvalue weighted by atomic mass is 10.3. The number of piperazine rings is 1. The van der Waals surface area contributed by atoms with Crippen molar-refractivity contribution in [1.82, 2.24) is 25.8 Å². The number of pyridine rings is 1. The van der Waals surface area contributed by atoms with Gasteiger partial charge in [0.1, 0.15) is 11.9 Å². The number of nitrogens with one attached hydrogen (secondary N) is 4. The molecule has 1 atom stereocenters. The average molecular weight is 463 g/mol. The summed E-state index contributed by atoms with van der Waals surface area (Å²) in [7, 11) is 0. The van der Waals surface area contributed by atoms with Crippen molar-refractivity contribution < 1.29 is 24.2 Å². The van der Waals surface area contributed by atoms with E-state index in [1.54, 1.807) is 24.9 Å². The maximum Gasteiger partial charge on any atom is 0.408 e. The number of hydrogen-bond donors (Lipinski definition) is 5. The number of hydrogen-bond acceptors (Lipinski definition) is 9. The SMILES string of the molecule is CC(C)OC(=O)N[C@@H](CNC(=O)N1CCN(c2cc(NC3=NCCN3)ccn2)CC1)C(=O)O. The standard InChI is InChI=1S/C20H30N8O5/c1-13(2)33-20(32)26-15(17(29)30)12-24-19(31)28-9-7-27(8-10-28)16-11-14(3-4-21-16)25-18-22-5-6-23-18/h3-4,11,13,15H,5-10,12H2,1-2H3,(H,24,31)(H,26,32)(H,29,30)(H2,21,22,23,25)/t15-/m0/s1. The Labute approximate surface area is 191 Å². The van der Waals surface area contributed by atoms with Crippen molar-refractivity contribution in [2.45, 2.75) is 26.0 Å². The molecule has 0 spiro atoms. The number of anilines is 2. The zero-order chi connectivity index (χ0) is 23.8. The van der Waals surface area contributed by atoms with Gasteiger partial charge < -0.3 is 40.9 Å². The van der Waals surface area contributed by atoms with Gasteiger partial charge in [-0.3, -0.25) is 4.99 Å². The summed E-state index contributed by atoms with van der Waals surface area (Å²) >= 11 is 0. The fourth-order valence-electron chi connectivity index (χ4n) is 3.32. The number of rotatable bonds is 7. The van der Waals surface area contributed by atoms with Crippen molar-refractivity contribution >= 4 is 35.6 Å². The minimum Gasteiger partial charge on any atom is -0.480 e. The monoisotopic (exact) mass is 462 g/mol. The number of nitrogens with zero attached hydrogens (tertiary/aromatic N) is 4. The summed E-state index contributed by atoms with van der Waals surface area (Å²) < 4.78 is 4.89. The van der Waals surface area contributed by atoms with Crippen LogP contribution in [0.15, 0.2) is 23.3 Å². The molecule has 0 saturated carbocycles. The highest BCUT2D eigenvalue weighted by atomic mass is 16.6. The molecule has 3 amide bonds. The van der Waals surface area contributed by atoms with E-state index >= 15 is 0 Å². The van der Waals surface area contributed by atoms with E-state index in [1.165, 1.54) is 0 Å². The number of carboxylic acids is 1. The van der Waals surface area contributed by atoms with E-state index in [0.717, 1.165) is 30.6 Å². The Kier molecular flexibility index (Phi) is 8.11. The number of amides is 3. The van der Waals surface area contributed by atoms with Crippen LogP contribution in [0.5, 0.6) is 0 Å². The van der Waals surface area contributed by atoms with Gasteiger partial charge in [-0.15, -0.1) is 0 Å². The number of aromatic nitrogens is 1. The summed E-state index contributed by atoms with van der Waals surface area (Å²) in [5.74, 6) is 0.261. The molecule has 3 heterocycles. The minimum absolute atomic E-state index is 0.255. The Morgan fingerprint density at radius 2 is 2.00 bits per heavy atom. The Morgan fingerprint density at radius 3 is 2.64 bits per heavy atom.